The molecule has 5 rings (SSSR count). The molecule has 7 heteroatoms. The number of carbonyl (C=O) groups excluding carboxylic acids is 2. The summed E-state index contributed by atoms with van der Waals surface area (Å²) in [6.07, 6.45) is 4.99. The van der Waals surface area contributed by atoms with Crippen LogP contribution in [-0.2, 0) is 4.79 Å². The van der Waals surface area contributed by atoms with Crippen LogP contribution < -0.4 is 10.2 Å². The van der Waals surface area contributed by atoms with Crippen LogP contribution in [0, 0.1) is 5.82 Å². The summed E-state index contributed by atoms with van der Waals surface area (Å²) in [6.45, 7) is 0.415. The lowest BCUT2D eigenvalue weighted by atomic mass is 10.0. The highest BCUT2D eigenvalue weighted by atomic mass is 32.2. The summed E-state index contributed by atoms with van der Waals surface area (Å²) in [4.78, 5) is 31.6. The standard InChI is InChI=1S/C27H24FN3O2S/c1-34-25-7-3-2-5-20(25)17-9-11-24(21(28)16-17)31-14-4-6-23(27(31)33)30-26(32)19-8-10-22-18(15-19)12-13-29-22/h2-3,5,7-13,15-16,23,29H,4,6,14H2,1H3,(H,30,32). The third-order valence-electron chi connectivity index (χ3n) is 6.22. The van der Waals surface area contributed by atoms with Crippen molar-refractivity contribution in [3.8, 4) is 11.1 Å². The highest BCUT2D eigenvalue weighted by molar-refractivity contribution is 7.98. The second-order valence-corrected chi connectivity index (χ2v) is 9.15. The highest BCUT2D eigenvalue weighted by Crippen LogP contribution is 2.33. The van der Waals surface area contributed by atoms with Gasteiger partial charge < -0.3 is 15.2 Å². The Hall–Kier alpha value is -3.58. The quantitative estimate of drug-likeness (QED) is 0.370. The number of rotatable bonds is 5. The molecule has 0 spiro atoms. The first kappa shape index (κ1) is 22.2. The number of anilines is 1. The fraction of sp³-hybridized carbons (Fsp3) is 0.185. The number of nitrogens with zero attached hydrogens (tertiary/aromatic N) is 1. The van der Waals surface area contributed by atoms with Crippen molar-refractivity contribution in [2.45, 2.75) is 23.8 Å². The summed E-state index contributed by atoms with van der Waals surface area (Å²) < 4.78 is 15.2. The summed E-state index contributed by atoms with van der Waals surface area (Å²) in [5.74, 6) is -1.06. The minimum absolute atomic E-state index is 0.239. The predicted octanol–water partition coefficient (Wildman–Crippen LogP) is 5.62. The highest BCUT2D eigenvalue weighted by Gasteiger charge is 2.32. The summed E-state index contributed by atoms with van der Waals surface area (Å²) >= 11 is 1.60. The molecule has 0 bridgehead atoms. The Labute approximate surface area is 201 Å². The van der Waals surface area contributed by atoms with Crippen molar-refractivity contribution in [2.75, 3.05) is 17.7 Å². The molecule has 0 saturated carbocycles. The lowest BCUT2D eigenvalue weighted by molar-refractivity contribution is -0.121. The number of fused-ring (bicyclic) bond motifs is 1. The first-order chi connectivity index (χ1) is 16.5. The van der Waals surface area contributed by atoms with Gasteiger partial charge in [-0.3, -0.25) is 9.59 Å². The van der Waals surface area contributed by atoms with Gasteiger partial charge >= 0.3 is 0 Å². The van der Waals surface area contributed by atoms with Crippen LogP contribution >= 0.6 is 11.8 Å². The van der Waals surface area contributed by atoms with Gasteiger partial charge in [-0.1, -0.05) is 24.3 Å². The average molecular weight is 474 g/mol. The third kappa shape index (κ3) is 4.19. The molecule has 1 atom stereocenters. The van der Waals surface area contributed by atoms with E-state index in [4.69, 9.17) is 0 Å². The molecule has 1 fully saturated rings. The average Bonchev–Trinajstić information content (AvgIpc) is 3.33. The minimum atomic E-state index is -0.695. The van der Waals surface area contributed by atoms with Crippen molar-refractivity contribution >= 4 is 40.2 Å². The number of benzene rings is 3. The number of amides is 2. The van der Waals surface area contributed by atoms with Crippen molar-refractivity contribution in [3.63, 3.8) is 0 Å². The van der Waals surface area contributed by atoms with Crippen molar-refractivity contribution in [2.24, 2.45) is 0 Å². The molecule has 172 valence electrons. The maximum Gasteiger partial charge on any atom is 0.251 e. The number of piperidine rings is 1. The number of hydrogen-bond acceptors (Lipinski definition) is 3. The number of aromatic nitrogens is 1. The topological polar surface area (TPSA) is 65.2 Å². The molecule has 1 aliphatic heterocycles. The molecule has 2 N–H and O–H groups in total. The fourth-order valence-corrected chi connectivity index (χ4v) is 5.08. The van der Waals surface area contributed by atoms with Crippen LogP contribution in [-0.4, -0.2) is 35.6 Å². The predicted molar refractivity (Wildman–Crippen MR) is 135 cm³/mol. The summed E-state index contributed by atoms with van der Waals surface area (Å²) in [5.41, 5.74) is 3.38. The monoisotopic (exact) mass is 473 g/mol. The van der Waals surface area contributed by atoms with Gasteiger partial charge in [0.25, 0.3) is 5.91 Å². The molecule has 2 amide bonds. The van der Waals surface area contributed by atoms with E-state index in [9.17, 15) is 9.59 Å². The lowest BCUT2D eigenvalue weighted by Crippen LogP contribution is -2.52. The molecule has 0 radical (unpaired) electrons. The first-order valence-electron chi connectivity index (χ1n) is 11.2. The summed E-state index contributed by atoms with van der Waals surface area (Å²) in [7, 11) is 0. The van der Waals surface area contributed by atoms with Gasteiger partial charge in [0.05, 0.1) is 5.69 Å². The van der Waals surface area contributed by atoms with Gasteiger partial charge in [0.1, 0.15) is 11.9 Å². The maximum absolute atomic E-state index is 15.2. The number of halogens is 1. The number of hydrogen-bond donors (Lipinski definition) is 2. The zero-order valence-corrected chi connectivity index (χ0v) is 19.5. The number of aromatic amines is 1. The van der Waals surface area contributed by atoms with Crippen LogP contribution in [0.2, 0.25) is 0 Å². The Balaban J connectivity index is 1.35. The Bertz CT molecular complexity index is 1380. The van der Waals surface area contributed by atoms with E-state index in [0.717, 1.165) is 26.9 Å². The van der Waals surface area contributed by atoms with Crippen molar-refractivity contribution in [1.82, 2.24) is 10.3 Å². The third-order valence-corrected chi connectivity index (χ3v) is 7.01. The van der Waals surface area contributed by atoms with E-state index in [0.29, 0.717) is 24.9 Å². The van der Waals surface area contributed by atoms with Crippen LogP contribution in [0.1, 0.15) is 23.2 Å². The molecule has 1 aliphatic rings. The van der Waals surface area contributed by atoms with Crippen LogP contribution in [0.4, 0.5) is 10.1 Å². The molecular weight excluding hydrogens is 449 g/mol. The molecule has 5 nitrogen and oxygen atoms in total. The molecule has 1 saturated heterocycles. The second kappa shape index (κ2) is 9.35. The van der Waals surface area contributed by atoms with E-state index in [-0.39, 0.29) is 17.5 Å². The van der Waals surface area contributed by atoms with Gasteiger partial charge in [0.2, 0.25) is 5.91 Å². The van der Waals surface area contributed by atoms with Gasteiger partial charge in [-0.05, 0) is 72.7 Å². The van der Waals surface area contributed by atoms with Crippen LogP contribution in [0.5, 0.6) is 0 Å². The van der Waals surface area contributed by atoms with Gasteiger partial charge in [-0.2, -0.15) is 0 Å². The number of carbonyl (C=O) groups is 2. The molecule has 1 aromatic heterocycles. The Kier molecular flexibility index (Phi) is 6.11. The molecule has 0 aliphatic carbocycles. The molecular formula is C27H24FN3O2S. The lowest BCUT2D eigenvalue weighted by Gasteiger charge is -2.33. The van der Waals surface area contributed by atoms with E-state index >= 15 is 4.39 Å². The van der Waals surface area contributed by atoms with E-state index in [2.05, 4.69) is 10.3 Å². The van der Waals surface area contributed by atoms with E-state index < -0.39 is 11.9 Å². The van der Waals surface area contributed by atoms with E-state index in [1.807, 2.05) is 54.9 Å². The van der Waals surface area contributed by atoms with Crippen molar-refractivity contribution < 1.29 is 14.0 Å². The molecule has 3 aromatic carbocycles. The molecule has 1 unspecified atom stereocenters. The van der Waals surface area contributed by atoms with Crippen LogP contribution in [0.25, 0.3) is 22.0 Å². The van der Waals surface area contributed by atoms with Gasteiger partial charge in [0.15, 0.2) is 0 Å². The normalized spacial score (nSPS) is 16.1. The zero-order valence-electron chi connectivity index (χ0n) is 18.7. The smallest absolute Gasteiger partial charge is 0.251 e. The van der Waals surface area contributed by atoms with Crippen LogP contribution in [0.3, 0.4) is 0 Å². The van der Waals surface area contributed by atoms with Crippen molar-refractivity contribution in [3.05, 3.63) is 84.3 Å². The Morgan fingerprint density at radius 1 is 1.12 bits per heavy atom. The number of H-pyrrole nitrogens is 1. The maximum atomic E-state index is 15.2. The summed E-state index contributed by atoms with van der Waals surface area (Å²) in [5, 5.41) is 3.77. The SMILES string of the molecule is CSc1ccccc1-c1ccc(N2CCCC(NC(=O)c3ccc4[nH]ccc4c3)C2=O)c(F)c1. The Morgan fingerprint density at radius 2 is 1.97 bits per heavy atom. The molecule has 2 heterocycles. The molecule has 4 aromatic rings. The Morgan fingerprint density at radius 3 is 2.79 bits per heavy atom. The number of nitrogens with one attached hydrogen (secondary N) is 2. The second-order valence-electron chi connectivity index (χ2n) is 8.30. The van der Waals surface area contributed by atoms with Crippen molar-refractivity contribution in [1.29, 1.82) is 0 Å². The van der Waals surface area contributed by atoms with Gasteiger partial charge in [0, 0.05) is 34.1 Å². The molecule has 34 heavy (non-hydrogen) atoms. The van der Waals surface area contributed by atoms with E-state index in [1.54, 1.807) is 30.0 Å². The van der Waals surface area contributed by atoms with Crippen LogP contribution in [0.15, 0.2) is 77.8 Å². The van der Waals surface area contributed by atoms with Gasteiger partial charge in [-0.15, -0.1) is 11.8 Å². The largest absolute Gasteiger partial charge is 0.361 e. The summed E-state index contributed by atoms with van der Waals surface area (Å²) in [6, 6.07) is 19.4. The van der Waals surface area contributed by atoms with Gasteiger partial charge in [-0.25, -0.2) is 4.39 Å². The minimum Gasteiger partial charge on any atom is -0.361 e. The first-order valence-corrected chi connectivity index (χ1v) is 12.4. The van der Waals surface area contributed by atoms with E-state index in [1.165, 1.54) is 11.0 Å². The number of thioether (sulfide) groups is 1. The fourth-order valence-electron chi connectivity index (χ4n) is 4.46. The zero-order chi connectivity index (χ0) is 23.7.